The van der Waals surface area contributed by atoms with Crippen molar-refractivity contribution in [1.82, 2.24) is 14.5 Å². The lowest BCUT2D eigenvalue weighted by Crippen LogP contribution is -2.13. The van der Waals surface area contributed by atoms with Crippen LogP contribution in [0.4, 0.5) is 5.69 Å². The number of hydrogen-bond acceptors (Lipinski definition) is 3. The summed E-state index contributed by atoms with van der Waals surface area (Å²) in [7, 11) is 1.90. The van der Waals surface area contributed by atoms with Crippen molar-refractivity contribution in [2.45, 2.75) is 0 Å². The van der Waals surface area contributed by atoms with Gasteiger partial charge in [-0.3, -0.25) is 4.79 Å². The monoisotopic (exact) mass is 477 g/mol. The highest BCUT2D eigenvalue weighted by Gasteiger charge is 2.16. The van der Waals surface area contributed by atoms with E-state index in [-0.39, 0.29) is 5.57 Å². The predicted octanol–water partition coefficient (Wildman–Crippen LogP) is 6.43. The largest absolute Gasteiger partial charge is 0.354 e. The number of nitrogens with one attached hydrogen (secondary N) is 2. The zero-order chi connectivity index (χ0) is 24.4. The highest BCUT2D eigenvalue weighted by Crippen LogP contribution is 2.34. The topological polar surface area (TPSA) is 86.5 Å². The van der Waals surface area contributed by atoms with Gasteiger partial charge in [-0.05, 0) is 47.5 Å². The summed E-state index contributed by atoms with van der Waals surface area (Å²) < 4.78 is 1.87. The molecule has 2 N–H and O–H groups in total. The van der Waals surface area contributed by atoms with Gasteiger partial charge < -0.3 is 14.9 Å². The number of carbonyl (C=O) groups excluding carboxylic acids is 1. The van der Waals surface area contributed by atoms with Crippen LogP contribution in [-0.2, 0) is 11.8 Å². The Labute approximate surface area is 207 Å². The van der Waals surface area contributed by atoms with E-state index in [1.807, 2.05) is 96.7 Å². The molecule has 0 aliphatic carbocycles. The average molecular weight is 478 g/mol. The van der Waals surface area contributed by atoms with E-state index in [4.69, 9.17) is 11.6 Å². The first-order valence-electron chi connectivity index (χ1n) is 10.9. The van der Waals surface area contributed by atoms with Gasteiger partial charge in [0.25, 0.3) is 5.91 Å². The maximum Gasteiger partial charge on any atom is 0.266 e. The summed E-state index contributed by atoms with van der Waals surface area (Å²) in [6.45, 7) is 0. The van der Waals surface area contributed by atoms with Crippen LogP contribution in [-0.4, -0.2) is 20.4 Å². The molecular formula is C28H20ClN5O. The van der Waals surface area contributed by atoms with Gasteiger partial charge >= 0.3 is 0 Å². The zero-order valence-corrected chi connectivity index (χ0v) is 19.5. The molecule has 3 aromatic carbocycles. The van der Waals surface area contributed by atoms with Gasteiger partial charge in [0, 0.05) is 40.6 Å². The van der Waals surface area contributed by atoms with E-state index in [1.165, 1.54) is 0 Å². The lowest BCUT2D eigenvalue weighted by molar-refractivity contribution is -0.112. The molecule has 7 heteroatoms. The minimum Gasteiger partial charge on any atom is -0.354 e. The summed E-state index contributed by atoms with van der Waals surface area (Å²) in [5.74, 6) is -0.476. The molecular weight excluding hydrogens is 458 g/mol. The summed E-state index contributed by atoms with van der Waals surface area (Å²) in [4.78, 5) is 20.9. The number of halogens is 1. The fraction of sp³-hybridized carbons (Fsp3) is 0.0357. The molecule has 6 nitrogen and oxygen atoms in total. The van der Waals surface area contributed by atoms with Crippen molar-refractivity contribution >= 4 is 40.2 Å². The smallest absolute Gasteiger partial charge is 0.266 e. The van der Waals surface area contributed by atoms with Crippen molar-refractivity contribution < 1.29 is 4.79 Å². The van der Waals surface area contributed by atoms with E-state index in [9.17, 15) is 10.1 Å². The second kappa shape index (κ2) is 9.34. The second-order valence-corrected chi connectivity index (χ2v) is 8.57. The van der Waals surface area contributed by atoms with E-state index < -0.39 is 5.91 Å². The SMILES string of the molecule is Cn1cnc(-c2cc(NC(=O)/C(C#N)=C/c3ccccc3)cc3cc(-c4ccc(Cl)cc4)[nH]c23)c1. The summed E-state index contributed by atoms with van der Waals surface area (Å²) >= 11 is 6.05. The number of aromatic amines is 1. The number of imidazole rings is 1. The molecule has 0 aliphatic heterocycles. The molecule has 0 radical (unpaired) electrons. The van der Waals surface area contributed by atoms with Crippen molar-refractivity contribution in [3.05, 3.63) is 101 Å². The molecule has 2 heterocycles. The Kier molecular flexibility index (Phi) is 5.92. The lowest BCUT2D eigenvalue weighted by Gasteiger charge is -2.08. The number of amides is 1. The van der Waals surface area contributed by atoms with Gasteiger partial charge in [0.15, 0.2) is 0 Å². The van der Waals surface area contributed by atoms with Crippen LogP contribution in [0.2, 0.25) is 5.02 Å². The molecule has 35 heavy (non-hydrogen) atoms. The maximum absolute atomic E-state index is 13.0. The number of aryl methyl sites for hydroxylation is 1. The van der Waals surface area contributed by atoms with E-state index in [0.717, 1.165) is 39.0 Å². The minimum absolute atomic E-state index is 0.0200. The third-order valence-electron chi connectivity index (χ3n) is 5.60. The summed E-state index contributed by atoms with van der Waals surface area (Å²) in [5.41, 5.74) is 5.77. The molecule has 1 amide bonds. The van der Waals surface area contributed by atoms with Crippen LogP contribution in [0.5, 0.6) is 0 Å². The van der Waals surface area contributed by atoms with Crippen molar-refractivity contribution in [3.63, 3.8) is 0 Å². The minimum atomic E-state index is -0.476. The average Bonchev–Trinajstić information content (AvgIpc) is 3.49. The van der Waals surface area contributed by atoms with Crippen LogP contribution < -0.4 is 5.32 Å². The molecule has 170 valence electrons. The number of nitriles is 1. The summed E-state index contributed by atoms with van der Waals surface area (Å²) in [6, 6.07) is 24.6. The third-order valence-corrected chi connectivity index (χ3v) is 5.85. The van der Waals surface area contributed by atoms with Crippen LogP contribution in [0.15, 0.2) is 90.9 Å². The van der Waals surface area contributed by atoms with E-state index in [1.54, 1.807) is 12.4 Å². The molecule has 0 spiro atoms. The molecule has 5 rings (SSSR count). The van der Waals surface area contributed by atoms with Gasteiger partial charge in [-0.2, -0.15) is 5.26 Å². The van der Waals surface area contributed by atoms with Crippen LogP contribution in [0, 0.1) is 11.3 Å². The number of hydrogen-bond donors (Lipinski definition) is 2. The number of nitrogens with zero attached hydrogens (tertiary/aromatic N) is 3. The molecule has 0 saturated carbocycles. The Morgan fingerprint density at radius 3 is 2.57 bits per heavy atom. The zero-order valence-electron chi connectivity index (χ0n) is 18.8. The molecule has 0 fully saturated rings. The van der Waals surface area contributed by atoms with Crippen LogP contribution in [0.25, 0.3) is 39.5 Å². The number of carbonyl (C=O) groups is 1. The number of anilines is 1. The van der Waals surface area contributed by atoms with Gasteiger partial charge in [-0.25, -0.2) is 4.98 Å². The van der Waals surface area contributed by atoms with Crippen molar-refractivity contribution in [3.8, 4) is 28.6 Å². The maximum atomic E-state index is 13.0. The Balaban J connectivity index is 1.56. The fourth-order valence-electron chi connectivity index (χ4n) is 3.92. The van der Waals surface area contributed by atoms with Gasteiger partial charge in [-0.1, -0.05) is 54.1 Å². The van der Waals surface area contributed by atoms with Crippen molar-refractivity contribution in [2.24, 2.45) is 7.05 Å². The highest BCUT2D eigenvalue weighted by atomic mass is 35.5. The van der Waals surface area contributed by atoms with Crippen LogP contribution in [0.1, 0.15) is 5.56 Å². The molecule has 2 aromatic heterocycles. The first-order chi connectivity index (χ1) is 17.0. The predicted molar refractivity (Wildman–Crippen MR) is 140 cm³/mol. The highest BCUT2D eigenvalue weighted by molar-refractivity contribution is 6.30. The van der Waals surface area contributed by atoms with Crippen LogP contribution >= 0.6 is 11.6 Å². The first-order valence-corrected chi connectivity index (χ1v) is 11.3. The molecule has 0 saturated heterocycles. The molecule has 0 unspecified atom stereocenters. The van der Waals surface area contributed by atoms with Gasteiger partial charge in [0.2, 0.25) is 0 Å². The number of fused-ring (bicyclic) bond motifs is 1. The quantitative estimate of drug-likeness (QED) is 0.226. The normalized spacial score (nSPS) is 11.4. The Morgan fingerprint density at radius 2 is 1.89 bits per heavy atom. The molecule has 0 atom stereocenters. The van der Waals surface area contributed by atoms with Gasteiger partial charge in [0.05, 0.1) is 17.5 Å². The first kappa shape index (κ1) is 22.2. The fourth-order valence-corrected chi connectivity index (χ4v) is 4.04. The second-order valence-electron chi connectivity index (χ2n) is 8.14. The Bertz CT molecular complexity index is 1610. The lowest BCUT2D eigenvalue weighted by atomic mass is 10.1. The van der Waals surface area contributed by atoms with Crippen molar-refractivity contribution in [2.75, 3.05) is 5.32 Å². The summed E-state index contributed by atoms with van der Waals surface area (Å²) in [6.07, 6.45) is 5.22. The number of rotatable bonds is 5. The number of benzene rings is 3. The van der Waals surface area contributed by atoms with Crippen molar-refractivity contribution in [1.29, 1.82) is 5.26 Å². The van der Waals surface area contributed by atoms with Gasteiger partial charge in [0.1, 0.15) is 11.6 Å². The summed E-state index contributed by atoms with van der Waals surface area (Å²) in [5, 5.41) is 14.0. The van der Waals surface area contributed by atoms with Crippen LogP contribution in [0.3, 0.4) is 0 Å². The van der Waals surface area contributed by atoms with E-state index >= 15 is 0 Å². The number of aromatic nitrogens is 3. The number of H-pyrrole nitrogens is 1. The molecule has 0 bridgehead atoms. The molecule has 5 aromatic rings. The third kappa shape index (κ3) is 4.72. The standard InChI is InChI=1S/C28H20ClN5O/c1-34-16-26(31-17-34)24-14-23(32-28(35)21(15-30)11-18-5-3-2-4-6-18)12-20-13-25(33-27(20)24)19-7-9-22(29)10-8-19/h2-14,16-17,33H,1H3,(H,32,35)/b21-11+. The van der Waals surface area contributed by atoms with E-state index in [0.29, 0.717) is 10.7 Å². The Morgan fingerprint density at radius 1 is 1.11 bits per heavy atom. The molecule has 0 aliphatic rings. The van der Waals surface area contributed by atoms with Gasteiger partial charge in [-0.15, -0.1) is 0 Å². The Hall–Kier alpha value is -4.60. The van der Waals surface area contributed by atoms with E-state index in [2.05, 4.69) is 15.3 Å².